The highest BCUT2D eigenvalue weighted by Crippen LogP contribution is 2.30. The van der Waals surface area contributed by atoms with Crippen LogP contribution in [0.3, 0.4) is 0 Å². The summed E-state index contributed by atoms with van der Waals surface area (Å²) in [5, 5.41) is 18.8. The van der Waals surface area contributed by atoms with Gasteiger partial charge in [0.15, 0.2) is 0 Å². The first kappa shape index (κ1) is 13.0. The maximum atomic E-state index is 10.0. The Morgan fingerprint density at radius 2 is 2.00 bits per heavy atom. The zero-order valence-corrected chi connectivity index (χ0v) is 10.2. The van der Waals surface area contributed by atoms with Gasteiger partial charge in [-0.3, -0.25) is 0 Å². The van der Waals surface area contributed by atoms with Crippen LogP contribution in [0.5, 0.6) is 5.75 Å². The molecule has 0 aliphatic heterocycles. The Morgan fingerprint density at radius 1 is 1.31 bits per heavy atom. The van der Waals surface area contributed by atoms with E-state index in [0.29, 0.717) is 5.75 Å². The van der Waals surface area contributed by atoms with Crippen LogP contribution < -0.4 is 4.74 Å². The Kier molecular flexibility index (Phi) is 4.33. The topological polar surface area (TPSA) is 49.7 Å². The molecule has 0 aliphatic carbocycles. The summed E-state index contributed by atoms with van der Waals surface area (Å²) in [6.07, 6.45) is 1.54. The molecular formula is C13H20O3. The molecule has 3 nitrogen and oxygen atoms in total. The quantitative estimate of drug-likeness (QED) is 0.802. The van der Waals surface area contributed by atoms with Crippen molar-refractivity contribution in [1.82, 2.24) is 0 Å². The van der Waals surface area contributed by atoms with Gasteiger partial charge in [0.1, 0.15) is 5.75 Å². The predicted octanol–water partition coefficient (Wildman–Crippen LogP) is 1.85. The van der Waals surface area contributed by atoms with Gasteiger partial charge in [0.25, 0.3) is 0 Å². The molecule has 1 aromatic rings. The second kappa shape index (κ2) is 5.32. The second-order valence-corrected chi connectivity index (χ2v) is 4.42. The lowest BCUT2D eigenvalue weighted by Crippen LogP contribution is -2.17. The Morgan fingerprint density at radius 3 is 2.50 bits per heavy atom. The number of hydrogen-bond acceptors (Lipinski definition) is 3. The SMILES string of the molecule is COc1ccc(CCCO)cc1C(C)(C)O. The molecule has 0 aliphatic rings. The first-order valence-corrected chi connectivity index (χ1v) is 5.49. The van der Waals surface area contributed by atoms with E-state index in [0.717, 1.165) is 24.0 Å². The van der Waals surface area contributed by atoms with Crippen molar-refractivity contribution < 1.29 is 14.9 Å². The number of aliphatic hydroxyl groups excluding tert-OH is 1. The molecule has 0 aromatic heterocycles. The highest BCUT2D eigenvalue weighted by Gasteiger charge is 2.21. The summed E-state index contributed by atoms with van der Waals surface area (Å²) in [6, 6.07) is 5.76. The number of benzene rings is 1. The van der Waals surface area contributed by atoms with Crippen LogP contribution in [0.25, 0.3) is 0 Å². The summed E-state index contributed by atoms with van der Waals surface area (Å²) in [5.41, 5.74) is 0.970. The third kappa shape index (κ3) is 3.22. The third-order valence-corrected chi connectivity index (χ3v) is 2.55. The fourth-order valence-corrected chi connectivity index (χ4v) is 1.67. The molecule has 1 aromatic carbocycles. The maximum Gasteiger partial charge on any atom is 0.124 e. The van der Waals surface area contributed by atoms with Crippen molar-refractivity contribution in [2.24, 2.45) is 0 Å². The Hall–Kier alpha value is -1.06. The zero-order valence-electron chi connectivity index (χ0n) is 10.2. The van der Waals surface area contributed by atoms with Crippen LogP contribution in [0.1, 0.15) is 31.4 Å². The van der Waals surface area contributed by atoms with Crippen LogP contribution in [0, 0.1) is 0 Å². The van der Waals surface area contributed by atoms with Crippen LogP contribution in [-0.4, -0.2) is 23.9 Å². The summed E-state index contributed by atoms with van der Waals surface area (Å²) in [4.78, 5) is 0. The average Bonchev–Trinajstić information content (AvgIpc) is 2.24. The van der Waals surface area contributed by atoms with E-state index in [-0.39, 0.29) is 6.61 Å². The van der Waals surface area contributed by atoms with E-state index < -0.39 is 5.60 Å². The van der Waals surface area contributed by atoms with Gasteiger partial charge < -0.3 is 14.9 Å². The number of aryl methyl sites for hydroxylation is 1. The molecule has 0 radical (unpaired) electrons. The molecule has 0 saturated heterocycles. The molecular weight excluding hydrogens is 204 g/mol. The summed E-state index contributed by atoms with van der Waals surface area (Å²) >= 11 is 0. The van der Waals surface area contributed by atoms with E-state index >= 15 is 0 Å². The molecule has 0 amide bonds. The van der Waals surface area contributed by atoms with Gasteiger partial charge in [-0.2, -0.15) is 0 Å². The van der Waals surface area contributed by atoms with Crippen molar-refractivity contribution >= 4 is 0 Å². The van der Waals surface area contributed by atoms with Gasteiger partial charge in [-0.25, -0.2) is 0 Å². The van der Waals surface area contributed by atoms with Crippen molar-refractivity contribution in [2.45, 2.75) is 32.3 Å². The van der Waals surface area contributed by atoms with Crippen molar-refractivity contribution in [1.29, 1.82) is 0 Å². The van der Waals surface area contributed by atoms with E-state index in [1.807, 2.05) is 18.2 Å². The van der Waals surface area contributed by atoms with Crippen molar-refractivity contribution in [3.63, 3.8) is 0 Å². The van der Waals surface area contributed by atoms with E-state index in [4.69, 9.17) is 9.84 Å². The monoisotopic (exact) mass is 224 g/mol. The third-order valence-electron chi connectivity index (χ3n) is 2.55. The number of aliphatic hydroxyl groups is 2. The van der Waals surface area contributed by atoms with Gasteiger partial charge in [-0.15, -0.1) is 0 Å². The van der Waals surface area contributed by atoms with Crippen LogP contribution in [0.4, 0.5) is 0 Å². The lowest BCUT2D eigenvalue weighted by molar-refractivity contribution is 0.0755. The standard InChI is InChI=1S/C13H20O3/c1-13(2,15)11-9-10(5-4-8-14)6-7-12(11)16-3/h6-7,9,14-15H,4-5,8H2,1-3H3. The van der Waals surface area contributed by atoms with Crippen LogP contribution in [-0.2, 0) is 12.0 Å². The van der Waals surface area contributed by atoms with Gasteiger partial charge in [-0.05, 0) is 44.4 Å². The summed E-state index contributed by atoms with van der Waals surface area (Å²) in [5.74, 6) is 0.695. The van der Waals surface area contributed by atoms with Gasteiger partial charge >= 0.3 is 0 Å². The highest BCUT2D eigenvalue weighted by molar-refractivity contribution is 5.40. The molecule has 1 rings (SSSR count). The lowest BCUT2D eigenvalue weighted by Gasteiger charge is -2.21. The average molecular weight is 224 g/mol. The van der Waals surface area contributed by atoms with Crippen molar-refractivity contribution in [2.75, 3.05) is 13.7 Å². The minimum atomic E-state index is -0.916. The number of hydrogen-bond donors (Lipinski definition) is 2. The number of rotatable bonds is 5. The van der Waals surface area contributed by atoms with Gasteiger partial charge in [0.05, 0.1) is 12.7 Å². The second-order valence-electron chi connectivity index (χ2n) is 4.42. The number of ether oxygens (including phenoxy) is 1. The molecule has 16 heavy (non-hydrogen) atoms. The lowest BCUT2D eigenvalue weighted by atomic mass is 9.94. The van der Waals surface area contributed by atoms with E-state index in [9.17, 15) is 5.11 Å². The molecule has 0 spiro atoms. The highest BCUT2D eigenvalue weighted by atomic mass is 16.5. The molecule has 2 N–H and O–H groups in total. The molecule has 0 fully saturated rings. The van der Waals surface area contributed by atoms with E-state index in [1.54, 1.807) is 21.0 Å². The van der Waals surface area contributed by atoms with Crippen molar-refractivity contribution in [3.8, 4) is 5.75 Å². The maximum absolute atomic E-state index is 10.0. The van der Waals surface area contributed by atoms with E-state index in [1.165, 1.54) is 0 Å². The normalized spacial score (nSPS) is 11.6. The molecule has 0 unspecified atom stereocenters. The first-order chi connectivity index (χ1) is 7.49. The minimum absolute atomic E-state index is 0.184. The molecule has 0 heterocycles. The Balaban J connectivity index is 3.02. The fourth-order valence-electron chi connectivity index (χ4n) is 1.67. The zero-order chi connectivity index (χ0) is 12.2. The smallest absolute Gasteiger partial charge is 0.124 e. The minimum Gasteiger partial charge on any atom is -0.496 e. The molecule has 0 saturated carbocycles. The fraction of sp³-hybridized carbons (Fsp3) is 0.538. The van der Waals surface area contributed by atoms with Crippen LogP contribution >= 0.6 is 0 Å². The summed E-state index contributed by atoms with van der Waals surface area (Å²) < 4.78 is 5.22. The van der Waals surface area contributed by atoms with E-state index in [2.05, 4.69) is 0 Å². The molecule has 3 heteroatoms. The first-order valence-electron chi connectivity index (χ1n) is 5.49. The molecule has 90 valence electrons. The van der Waals surface area contributed by atoms with Crippen LogP contribution in [0.2, 0.25) is 0 Å². The van der Waals surface area contributed by atoms with Gasteiger partial charge in [-0.1, -0.05) is 6.07 Å². The van der Waals surface area contributed by atoms with Crippen LogP contribution in [0.15, 0.2) is 18.2 Å². The van der Waals surface area contributed by atoms with Crippen molar-refractivity contribution in [3.05, 3.63) is 29.3 Å². The molecule has 0 bridgehead atoms. The largest absolute Gasteiger partial charge is 0.496 e. The van der Waals surface area contributed by atoms with Gasteiger partial charge in [0, 0.05) is 12.2 Å². The van der Waals surface area contributed by atoms with Gasteiger partial charge in [0.2, 0.25) is 0 Å². The predicted molar refractivity (Wildman–Crippen MR) is 63.6 cm³/mol. The number of methoxy groups -OCH3 is 1. The Bertz CT molecular complexity index is 340. The molecule has 0 atom stereocenters. The summed E-state index contributed by atoms with van der Waals surface area (Å²) in [6.45, 7) is 3.66. The summed E-state index contributed by atoms with van der Waals surface area (Å²) in [7, 11) is 1.60. The Labute approximate surface area is 96.7 Å².